The minimum Gasteiger partial charge on any atom is -0.478 e. The van der Waals surface area contributed by atoms with Crippen molar-refractivity contribution in [3.8, 4) is 0 Å². The van der Waals surface area contributed by atoms with Crippen LogP contribution in [-0.2, 0) is 4.79 Å². The van der Waals surface area contributed by atoms with Crippen LogP contribution in [0.5, 0.6) is 0 Å². The summed E-state index contributed by atoms with van der Waals surface area (Å²) in [6, 6.07) is 3.59. The van der Waals surface area contributed by atoms with E-state index in [1.54, 1.807) is 6.07 Å². The Balaban J connectivity index is 2.86. The molecule has 0 amide bonds. The molecule has 0 fully saturated rings. The van der Waals surface area contributed by atoms with E-state index in [-0.39, 0.29) is 5.03 Å². The largest absolute Gasteiger partial charge is 0.478 e. The average Bonchev–Trinajstić information content (AvgIpc) is 2.35. The smallest absolute Gasteiger partial charge is 0.329 e. The Bertz CT molecular complexity index is 277. The van der Waals surface area contributed by atoms with Crippen molar-refractivity contribution in [2.24, 2.45) is 0 Å². The first-order chi connectivity index (χ1) is 5.20. The summed E-state index contributed by atoms with van der Waals surface area (Å²) in [4.78, 5) is 10.9. The summed E-state index contributed by atoms with van der Waals surface area (Å²) in [5.74, 6) is -1.02. The number of carbonyl (C=O) groups is 1. The summed E-state index contributed by atoms with van der Waals surface area (Å²) in [7, 11) is 0. The molecule has 0 aliphatic carbocycles. The number of hydrogen-bond donors (Lipinski definition) is 1. The van der Waals surface area contributed by atoms with Gasteiger partial charge in [0.05, 0.1) is 5.03 Å². The molecule has 1 aromatic heterocycles. The van der Waals surface area contributed by atoms with Gasteiger partial charge in [0.15, 0.2) is 0 Å². The summed E-state index contributed by atoms with van der Waals surface area (Å²) in [5.41, 5.74) is 0. The second-order valence-electron chi connectivity index (χ2n) is 1.81. The predicted octanol–water partition coefficient (Wildman–Crippen LogP) is 2.41. The van der Waals surface area contributed by atoms with Crippen molar-refractivity contribution in [2.75, 3.05) is 0 Å². The molecule has 1 N–H and O–H groups in total. The van der Waals surface area contributed by atoms with E-state index in [1.165, 1.54) is 11.3 Å². The molecule has 0 spiro atoms. The highest BCUT2D eigenvalue weighted by Gasteiger charge is 2.00. The van der Waals surface area contributed by atoms with Gasteiger partial charge in [-0.2, -0.15) is 0 Å². The molecule has 1 heterocycles. The molecule has 0 saturated carbocycles. The van der Waals surface area contributed by atoms with Gasteiger partial charge in [-0.3, -0.25) is 0 Å². The molecule has 0 unspecified atom stereocenters. The molecule has 1 rings (SSSR count). The van der Waals surface area contributed by atoms with E-state index in [9.17, 15) is 4.79 Å². The predicted molar refractivity (Wildman–Crippen MR) is 45.8 cm³/mol. The van der Waals surface area contributed by atoms with E-state index in [4.69, 9.17) is 16.7 Å². The van der Waals surface area contributed by atoms with Crippen molar-refractivity contribution in [1.82, 2.24) is 0 Å². The van der Waals surface area contributed by atoms with Crippen molar-refractivity contribution >= 4 is 33.9 Å². The maximum Gasteiger partial charge on any atom is 0.329 e. The first-order valence-corrected chi connectivity index (χ1v) is 4.10. The summed E-state index contributed by atoms with van der Waals surface area (Å²) >= 11 is 7.04. The van der Waals surface area contributed by atoms with Crippen molar-refractivity contribution in [3.63, 3.8) is 0 Å². The molecule has 0 radical (unpaired) electrons. The second kappa shape index (κ2) is 3.55. The second-order valence-corrected chi connectivity index (χ2v) is 3.16. The Morgan fingerprint density at radius 1 is 1.73 bits per heavy atom. The molecule has 0 bridgehead atoms. The third kappa shape index (κ3) is 2.37. The molecule has 0 aliphatic rings. The van der Waals surface area contributed by atoms with E-state index >= 15 is 0 Å². The zero-order valence-electron chi connectivity index (χ0n) is 5.45. The van der Waals surface area contributed by atoms with Crippen LogP contribution in [0.4, 0.5) is 0 Å². The van der Waals surface area contributed by atoms with Crippen molar-refractivity contribution in [3.05, 3.63) is 28.5 Å². The average molecular weight is 189 g/mol. The molecular weight excluding hydrogens is 184 g/mol. The maximum atomic E-state index is 10.1. The number of halogens is 1. The van der Waals surface area contributed by atoms with Crippen LogP contribution in [0.2, 0.25) is 0 Å². The van der Waals surface area contributed by atoms with Crippen LogP contribution in [0.25, 0.3) is 5.03 Å². The fraction of sp³-hybridized carbons (Fsp3) is 0. The van der Waals surface area contributed by atoms with Crippen LogP contribution in [-0.4, -0.2) is 11.1 Å². The number of thiophene rings is 1. The standard InChI is InChI=1S/C7H5ClO2S/c8-5(4-7(9)10)6-2-1-3-11-6/h1-4H,(H,9,10)/b5-4+. The monoisotopic (exact) mass is 188 g/mol. The van der Waals surface area contributed by atoms with Gasteiger partial charge in [0.1, 0.15) is 0 Å². The Hall–Kier alpha value is -0.800. The number of carboxylic acid groups (broad SMARTS) is 1. The number of rotatable bonds is 2. The lowest BCUT2D eigenvalue weighted by Crippen LogP contribution is -1.86. The lowest BCUT2D eigenvalue weighted by atomic mass is 10.4. The highest BCUT2D eigenvalue weighted by molar-refractivity contribution is 7.12. The third-order valence-electron chi connectivity index (χ3n) is 1.01. The molecule has 58 valence electrons. The van der Waals surface area contributed by atoms with Gasteiger partial charge >= 0.3 is 5.97 Å². The minimum atomic E-state index is -1.02. The summed E-state index contributed by atoms with van der Waals surface area (Å²) in [6.45, 7) is 0. The summed E-state index contributed by atoms with van der Waals surface area (Å²) in [5, 5.41) is 10.4. The van der Waals surface area contributed by atoms with E-state index in [0.717, 1.165) is 11.0 Å². The van der Waals surface area contributed by atoms with Gasteiger partial charge in [0.2, 0.25) is 0 Å². The van der Waals surface area contributed by atoms with Crippen molar-refractivity contribution in [2.45, 2.75) is 0 Å². The third-order valence-corrected chi connectivity index (χ3v) is 2.33. The fourth-order valence-corrected chi connectivity index (χ4v) is 1.52. The van der Waals surface area contributed by atoms with Gasteiger partial charge < -0.3 is 5.11 Å². The van der Waals surface area contributed by atoms with Gasteiger partial charge in [0, 0.05) is 11.0 Å². The highest BCUT2D eigenvalue weighted by atomic mass is 35.5. The molecule has 11 heavy (non-hydrogen) atoms. The van der Waals surface area contributed by atoms with Crippen LogP contribution in [0, 0.1) is 0 Å². The van der Waals surface area contributed by atoms with Crippen LogP contribution >= 0.6 is 22.9 Å². The number of hydrogen-bond acceptors (Lipinski definition) is 2. The molecule has 0 atom stereocenters. The van der Waals surface area contributed by atoms with Gasteiger partial charge in [-0.15, -0.1) is 11.3 Å². The van der Waals surface area contributed by atoms with E-state index in [1.807, 2.05) is 11.4 Å². The zero-order valence-corrected chi connectivity index (χ0v) is 7.02. The van der Waals surface area contributed by atoms with Crippen LogP contribution in [0.3, 0.4) is 0 Å². The first-order valence-electron chi connectivity index (χ1n) is 2.84. The topological polar surface area (TPSA) is 37.3 Å². The molecule has 4 heteroatoms. The van der Waals surface area contributed by atoms with Crippen molar-refractivity contribution < 1.29 is 9.90 Å². The van der Waals surface area contributed by atoms with Gasteiger partial charge in [0.25, 0.3) is 0 Å². The molecule has 0 aliphatic heterocycles. The van der Waals surface area contributed by atoms with Crippen LogP contribution < -0.4 is 0 Å². The first kappa shape index (κ1) is 8.30. The van der Waals surface area contributed by atoms with Gasteiger partial charge in [-0.1, -0.05) is 17.7 Å². The van der Waals surface area contributed by atoms with E-state index in [0.29, 0.717) is 0 Å². The van der Waals surface area contributed by atoms with Crippen LogP contribution in [0.15, 0.2) is 23.6 Å². The number of carboxylic acids is 1. The Morgan fingerprint density at radius 3 is 2.91 bits per heavy atom. The Kier molecular flexibility index (Phi) is 2.68. The molecule has 2 nitrogen and oxygen atoms in total. The van der Waals surface area contributed by atoms with Gasteiger partial charge in [-0.05, 0) is 11.4 Å². The quantitative estimate of drug-likeness (QED) is 0.724. The molecule has 1 aromatic rings. The summed E-state index contributed by atoms with van der Waals surface area (Å²) in [6.07, 6.45) is 0.980. The van der Waals surface area contributed by atoms with Crippen molar-refractivity contribution in [1.29, 1.82) is 0 Å². The zero-order chi connectivity index (χ0) is 8.27. The Labute approximate surface area is 72.7 Å². The van der Waals surface area contributed by atoms with Gasteiger partial charge in [-0.25, -0.2) is 4.79 Å². The lowest BCUT2D eigenvalue weighted by molar-refractivity contribution is -0.131. The highest BCUT2D eigenvalue weighted by Crippen LogP contribution is 2.22. The Morgan fingerprint density at radius 2 is 2.45 bits per heavy atom. The molecule has 0 saturated heterocycles. The molecular formula is C7H5ClO2S. The van der Waals surface area contributed by atoms with Crippen LogP contribution in [0.1, 0.15) is 4.88 Å². The van der Waals surface area contributed by atoms with E-state index in [2.05, 4.69) is 0 Å². The SMILES string of the molecule is O=C(O)/C=C(/Cl)c1cccs1. The lowest BCUT2D eigenvalue weighted by Gasteiger charge is -1.88. The number of aliphatic carboxylic acids is 1. The van der Waals surface area contributed by atoms with E-state index < -0.39 is 5.97 Å². The molecule has 0 aromatic carbocycles. The summed E-state index contributed by atoms with van der Waals surface area (Å²) < 4.78 is 0. The fourth-order valence-electron chi connectivity index (χ4n) is 0.594. The normalized spacial score (nSPS) is 11.5. The minimum absolute atomic E-state index is 0.271. The maximum absolute atomic E-state index is 10.1.